The van der Waals surface area contributed by atoms with E-state index in [2.05, 4.69) is 6.58 Å². The van der Waals surface area contributed by atoms with Gasteiger partial charge in [-0.1, -0.05) is 24.8 Å². The van der Waals surface area contributed by atoms with Gasteiger partial charge in [-0.15, -0.1) is 0 Å². The van der Waals surface area contributed by atoms with Crippen LogP contribution in [0.5, 0.6) is 5.75 Å². The normalized spacial score (nSPS) is 11.1. The number of hydrogen-bond donors (Lipinski definition) is 0. The molecule has 0 unspecified atom stereocenters. The average Bonchev–Trinajstić information content (AvgIpc) is 2.31. The van der Waals surface area contributed by atoms with Gasteiger partial charge in [0.2, 0.25) is 0 Å². The van der Waals surface area contributed by atoms with Crippen LogP contribution in [-0.4, -0.2) is 29.9 Å². The molecule has 0 bridgehead atoms. The maximum atomic E-state index is 5.60. The van der Waals surface area contributed by atoms with Crippen LogP contribution in [0.25, 0.3) is 6.08 Å². The molecule has 82 valence electrons. The van der Waals surface area contributed by atoms with Gasteiger partial charge in [0.25, 0.3) is 9.76 Å². The van der Waals surface area contributed by atoms with E-state index in [1.165, 1.54) is 0 Å². The molecule has 1 aromatic rings. The van der Waals surface area contributed by atoms with Crippen molar-refractivity contribution in [1.29, 1.82) is 0 Å². The first-order chi connectivity index (χ1) is 7.30. The molecule has 0 atom stereocenters. The lowest BCUT2D eigenvalue weighted by atomic mass is 10.2. The van der Waals surface area contributed by atoms with Crippen LogP contribution in [0.3, 0.4) is 0 Å². The van der Waals surface area contributed by atoms with Crippen LogP contribution in [0.2, 0.25) is 0 Å². The average molecular weight is 224 g/mol. The Morgan fingerprint density at radius 2 is 1.80 bits per heavy atom. The van der Waals surface area contributed by atoms with Crippen molar-refractivity contribution < 1.29 is 13.9 Å². The molecule has 15 heavy (non-hydrogen) atoms. The van der Waals surface area contributed by atoms with E-state index in [4.69, 9.17) is 13.9 Å². The molecule has 1 aromatic carbocycles. The van der Waals surface area contributed by atoms with Gasteiger partial charge in [0.05, 0.1) is 0 Å². The molecule has 0 N–H and O–H groups in total. The number of rotatable bonds is 6. The fourth-order valence-corrected chi connectivity index (χ4v) is 1.89. The van der Waals surface area contributed by atoms with Gasteiger partial charge in [0.1, 0.15) is 5.75 Å². The fourth-order valence-electron chi connectivity index (χ4n) is 1.10. The standard InChI is InChI=1S/C11H16O3Si/c1-4-9-5-7-10(8-6-9)14-15-11(12-2)13-3/h4-8,11H,1,15H2,2-3H3. The summed E-state index contributed by atoms with van der Waals surface area (Å²) in [4.78, 5) is 0. The van der Waals surface area contributed by atoms with Crippen LogP contribution in [0.4, 0.5) is 0 Å². The molecule has 0 heterocycles. The minimum atomic E-state index is -0.862. The van der Waals surface area contributed by atoms with Crippen molar-refractivity contribution in [2.45, 2.75) is 5.91 Å². The van der Waals surface area contributed by atoms with Crippen LogP contribution in [-0.2, 0) is 9.47 Å². The highest BCUT2D eigenvalue weighted by Gasteiger charge is 2.07. The lowest BCUT2D eigenvalue weighted by Gasteiger charge is -2.13. The molecule has 0 radical (unpaired) electrons. The van der Waals surface area contributed by atoms with E-state index in [9.17, 15) is 0 Å². The van der Waals surface area contributed by atoms with E-state index < -0.39 is 9.76 Å². The van der Waals surface area contributed by atoms with E-state index in [0.717, 1.165) is 11.3 Å². The van der Waals surface area contributed by atoms with Crippen molar-refractivity contribution in [2.75, 3.05) is 14.2 Å². The topological polar surface area (TPSA) is 27.7 Å². The molecule has 0 aromatic heterocycles. The van der Waals surface area contributed by atoms with Gasteiger partial charge in [-0.2, -0.15) is 0 Å². The van der Waals surface area contributed by atoms with Crippen molar-refractivity contribution in [3.63, 3.8) is 0 Å². The van der Waals surface area contributed by atoms with Crippen LogP contribution in [0.1, 0.15) is 5.56 Å². The molecule has 1 rings (SSSR count). The summed E-state index contributed by atoms with van der Waals surface area (Å²) in [6, 6.07) is 7.77. The first-order valence-electron chi connectivity index (χ1n) is 4.71. The summed E-state index contributed by atoms with van der Waals surface area (Å²) in [5, 5.41) is 0. The summed E-state index contributed by atoms with van der Waals surface area (Å²) in [7, 11) is 2.37. The van der Waals surface area contributed by atoms with Crippen molar-refractivity contribution >= 4 is 15.8 Å². The Bertz CT molecular complexity index is 293. The summed E-state index contributed by atoms with van der Waals surface area (Å²) in [6.07, 6.45) is 1.80. The highest BCUT2D eigenvalue weighted by Crippen LogP contribution is 2.12. The summed E-state index contributed by atoms with van der Waals surface area (Å²) in [5.74, 6) is 0.662. The third-order valence-corrected chi connectivity index (χ3v) is 3.47. The van der Waals surface area contributed by atoms with Crippen molar-refractivity contribution in [3.05, 3.63) is 36.4 Å². The molecule has 4 heteroatoms. The molecule has 0 aliphatic carbocycles. The molecule has 0 aliphatic heterocycles. The molecule has 0 saturated heterocycles. The second-order valence-corrected chi connectivity index (χ2v) is 4.27. The van der Waals surface area contributed by atoms with Crippen molar-refractivity contribution in [3.8, 4) is 5.75 Å². The van der Waals surface area contributed by atoms with Crippen LogP contribution in [0, 0.1) is 0 Å². The number of benzene rings is 1. The van der Waals surface area contributed by atoms with Crippen LogP contribution >= 0.6 is 0 Å². The van der Waals surface area contributed by atoms with Gasteiger partial charge in [0, 0.05) is 14.2 Å². The minimum absolute atomic E-state index is 0.191. The smallest absolute Gasteiger partial charge is 0.278 e. The summed E-state index contributed by atoms with van der Waals surface area (Å²) in [5.41, 5.74) is 1.08. The second-order valence-electron chi connectivity index (χ2n) is 2.99. The zero-order chi connectivity index (χ0) is 11.1. The first-order valence-corrected chi connectivity index (χ1v) is 6.10. The minimum Gasteiger partial charge on any atom is -0.544 e. The van der Waals surface area contributed by atoms with Crippen molar-refractivity contribution in [2.24, 2.45) is 0 Å². The maximum absolute atomic E-state index is 5.60. The molecular weight excluding hydrogens is 208 g/mol. The summed E-state index contributed by atoms with van der Waals surface area (Å²) in [6.45, 7) is 3.69. The predicted octanol–water partition coefficient (Wildman–Crippen LogP) is 1.37. The highest BCUT2D eigenvalue weighted by molar-refractivity contribution is 6.29. The Hall–Kier alpha value is -1.10. The van der Waals surface area contributed by atoms with Gasteiger partial charge in [-0.05, 0) is 17.7 Å². The number of methoxy groups -OCH3 is 2. The zero-order valence-electron chi connectivity index (χ0n) is 9.10. The molecular formula is C11H16O3Si. The SMILES string of the molecule is C=Cc1ccc(O[SiH2]C(OC)OC)cc1. The van der Waals surface area contributed by atoms with E-state index in [1.807, 2.05) is 24.3 Å². The molecule has 0 fully saturated rings. The van der Waals surface area contributed by atoms with Crippen LogP contribution in [0.15, 0.2) is 30.8 Å². The maximum Gasteiger partial charge on any atom is 0.278 e. The van der Waals surface area contributed by atoms with Crippen molar-refractivity contribution in [1.82, 2.24) is 0 Å². The largest absolute Gasteiger partial charge is 0.544 e. The summed E-state index contributed by atoms with van der Waals surface area (Å²) >= 11 is 0. The highest BCUT2D eigenvalue weighted by atomic mass is 28.2. The fraction of sp³-hybridized carbons (Fsp3) is 0.273. The van der Waals surface area contributed by atoms with Gasteiger partial charge in [0.15, 0.2) is 5.91 Å². The van der Waals surface area contributed by atoms with Crippen LogP contribution < -0.4 is 4.43 Å². The van der Waals surface area contributed by atoms with E-state index >= 15 is 0 Å². The van der Waals surface area contributed by atoms with Gasteiger partial charge >= 0.3 is 0 Å². The Labute approximate surface area is 92.6 Å². The Balaban J connectivity index is 2.46. The third kappa shape index (κ3) is 3.87. The van der Waals surface area contributed by atoms with E-state index in [-0.39, 0.29) is 5.91 Å². The molecule has 0 spiro atoms. The second kappa shape index (κ2) is 6.39. The quantitative estimate of drug-likeness (QED) is 0.539. The lowest BCUT2D eigenvalue weighted by molar-refractivity contribution is -0.0492. The summed E-state index contributed by atoms with van der Waals surface area (Å²) < 4.78 is 15.7. The monoisotopic (exact) mass is 224 g/mol. The predicted molar refractivity (Wildman–Crippen MR) is 63.5 cm³/mol. The van der Waals surface area contributed by atoms with E-state index in [1.54, 1.807) is 20.3 Å². The zero-order valence-corrected chi connectivity index (χ0v) is 10.5. The molecule has 0 aliphatic rings. The Morgan fingerprint density at radius 3 is 2.27 bits per heavy atom. The number of hydrogen-bond acceptors (Lipinski definition) is 3. The molecule has 0 amide bonds. The Kier molecular flexibility index (Phi) is 5.10. The van der Waals surface area contributed by atoms with Gasteiger partial charge < -0.3 is 13.9 Å². The lowest BCUT2D eigenvalue weighted by Crippen LogP contribution is -2.25. The third-order valence-electron chi connectivity index (χ3n) is 2.03. The first kappa shape index (κ1) is 12.0. The van der Waals surface area contributed by atoms with Gasteiger partial charge in [-0.3, -0.25) is 0 Å². The van der Waals surface area contributed by atoms with E-state index in [0.29, 0.717) is 0 Å². The van der Waals surface area contributed by atoms with Gasteiger partial charge in [-0.25, -0.2) is 0 Å². The molecule has 3 nitrogen and oxygen atoms in total. The molecule has 0 saturated carbocycles. The Morgan fingerprint density at radius 1 is 1.20 bits per heavy atom. The number of ether oxygens (including phenoxy) is 2.